The van der Waals surface area contributed by atoms with Gasteiger partial charge in [-0.25, -0.2) is 4.39 Å². The zero-order valence-electron chi connectivity index (χ0n) is 11.9. The molecule has 0 amide bonds. The second-order valence-corrected chi connectivity index (χ2v) is 5.08. The van der Waals surface area contributed by atoms with Crippen LogP contribution in [0.3, 0.4) is 0 Å². The van der Waals surface area contributed by atoms with Crippen LogP contribution in [0.25, 0.3) is 11.3 Å². The third kappa shape index (κ3) is 2.67. The zero-order valence-corrected chi connectivity index (χ0v) is 11.9. The highest BCUT2D eigenvalue weighted by Crippen LogP contribution is 2.29. The fraction of sp³-hybridized carbons (Fsp3) is 0.188. The Labute approximate surface area is 122 Å². The van der Waals surface area contributed by atoms with Crippen LogP contribution in [0, 0.1) is 19.7 Å². The molecule has 0 spiro atoms. The summed E-state index contributed by atoms with van der Waals surface area (Å²) in [7, 11) is 0. The summed E-state index contributed by atoms with van der Waals surface area (Å²) < 4.78 is 20.2. The monoisotopic (exact) mass is 285 g/mol. The Morgan fingerprint density at radius 3 is 2.57 bits per heavy atom. The van der Waals surface area contributed by atoms with Gasteiger partial charge in [-0.3, -0.25) is 4.68 Å². The zero-order chi connectivity index (χ0) is 15.0. The third-order valence-corrected chi connectivity index (χ3v) is 3.34. The van der Waals surface area contributed by atoms with E-state index in [1.165, 1.54) is 12.1 Å². The normalized spacial score (nSPS) is 11.0. The van der Waals surface area contributed by atoms with Gasteiger partial charge < -0.3 is 10.2 Å². The van der Waals surface area contributed by atoms with Crippen LogP contribution < -0.4 is 5.73 Å². The molecule has 0 radical (unpaired) electrons. The maximum atomic E-state index is 12.9. The van der Waals surface area contributed by atoms with Crippen molar-refractivity contribution in [2.45, 2.75) is 20.4 Å². The molecule has 0 aliphatic carbocycles. The molecule has 3 rings (SSSR count). The number of nitrogens with two attached hydrogens (primary N) is 1. The molecular formula is C16H16FN3O. The minimum absolute atomic E-state index is 0.246. The molecule has 21 heavy (non-hydrogen) atoms. The van der Waals surface area contributed by atoms with Crippen molar-refractivity contribution < 1.29 is 8.81 Å². The van der Waals surface area contributed by atoms with E-state index in [2.05, 4.69) is 5.10 Å². The Bertz CT molecular complexity index is 771. The van der Waals surface area contributed by atoms with Crippen LogP contribution >= 0.6 is 0 Å². The van der Waals surface area contributed by atoms with Crippen LogP contribution in [0.4, 0.5) is 10.1 Å². The molecule has 1 aromatic carbocycles. The number of aromatic nitrogens is 2. The van der Waals surface area contributed by atoms with E-state index in [0.29, 0.717) is 17.9 Å². The highest BCUT2D eigenvalue weighted by atomic mass is 19.1. The van der Waals surface area contributed by atoms with E-state index in [1.807, 2.05) is 19.9 Å². The van der Waals surface area contributed by atoms with Crippen LogP contribution in [-0.4, -0.2) is 9.78 Å². The predicted molar refractivity (Wildman–Crippen MR) is 79.3 cm³/mol. The molecule has 0 unspecified atom stereocenters. The molecule has 2 heterocycles. The van der Waals surface area contributed by atoms with E-state index in [4.69, 9.17) is 10.2 Å². The van der Waals surface area contributed by atoms with Crippen LogP contribution in [0.15, 0.2) is 40.9 Å². The number of nitrogen functional groups attached to an aromatic ring is 1. The molecule has 4 nitrogen and oxygen atoms in total. The second kappa shape index (κ2) is 5.09. The van der Waals surface area contributed by atoms with E-state index in [1.54, 1.807) is 23.0 Å². The third-order valence-electron chi connectivity index (χ3n) is 3.34. The highest BCUT2D eigenvalue weighted by Gasteiger charge is 2.14. The van der Waals surface area contributed by atoms with E-state index >= 15 is 0 Å². The first-order chi connectivity index (χ1) is 10.0. The van der Waals surface area contributed by atoms with Gasteiger partial charge in [-0.2, -0.15) is 5.10 Å². The van der Waals surface area contributed by atoms with Gasteiger partial charge in [0.1, 0.15) is 23.0 Å². The van der Waals surface area contributed by atoms with Crippen molar-refractivity contribution in [1.29, 1.82) is 0 Å². The van der Waals surface area contributed by atoms with Gasteiger partial charge in [0.05, 0.1) is 12.2 Å². The molecule has 0 bridgehead atoms. The average molecular weight is 285 g/mol. The molecule has 0 aliphatic rings. The maximum absolute atomic E-state index is 12.9. The number of halogens is 1. The van der Waals surface area contributed by atoms with Crippen molar-refractivity contribution in [2.75, 3.05) is 5.73 Å². The van der Waals surface area contributed by atoms with Crippen LogP contribution in [0.2, 0.25) is 0 Å². The van der Waals surface area contributed by atoms with Crippen molar-refractivity contribution in [3.63, 3.8) is 0 Å². The molecular weight excluding hydrogens is 269 g/mol. The largest absolute Gasteiger partial charge is 0.466 e. The number of nitrogens with zero attached hydrogens (tertiary/aromatic N) is 2. The van der Waals surface area contributed by atoms with Crippen molar-refractivity contribution in [2.24, 2.45) is 0 Å². The summed E-state index contributed by atoms with van der Waals surface area (Å²) in [6.45, 7) is 4.32. The van der Waals surface area contributed by atoms with Gasteiger partial charge in [-0.1, -0.05) is 12.1 Å². The molecule has 0 saturated heterocycles. The predicted octanol–water partition coefficient (Wildman–Crippen LogP) is 3.53. The van der Waals surface area contributed by atoms with Gasteiger partial charge >= 0.3 is 0 Å². The minimum atomic E-state index is -0.246. The summed E-state index contributed by atoms with van der Waals surface area (Å²) in [5, 5.41) is 4.51. The molecule has 0 saturated carbocycles. The SMILES string of the molecule is Cc1cc(-c2nn(Cc3ccc(F)cc3)cc2N)c(C)o1. The lowest BCUT2D eigenvalue weighted by Gasteiger charge is -2.01. The molecule has 0 fully saturated rings. The first-order valence-electron chi connectivity index (χ1n) is 6.67. The Balaban J connectivity index is 1.91. The number of anilines is 1. The lowest BCUT2D eigenvalue weighted by atomic mass is 10.1. The fourth-order valence-corrected chi connectivity index (χ4v) is 2.37. The van der Waals surface area contributed by atoms with Gasteiger partial charge in [0.15, 0.2) is 0 Å². The van der Waals surface area contributed by atoms with Gasteiger partial charge in [-0.05, 0) is 37.6 Å². The molecule has 0 atom stereocenters. The number of furan rings is 1. The topological polar surface area (TPSA) is 57.0 Å². The van der Waals surface area contributed by atoms with Crippen LogP contribution in [0.5, 0.6) is 0 Å². The number of aryl methyl sites for hydroxylation is 2. The van der Waals surface area contributed by atoms with Crippen LogP contribution in [0.1, 0.15) is 17.1 Å². The Morgan fingerprint density at radius 1 is 1.24 bits per heavy atom. The summed E-state index contributed by atoms with van der Waals surface area (Å²) in [6.07, 6.45) is 1.78. The number of hydrogen-bond donors (Lipinski definition) is 1. The van der Waals surface area contributed by atoms with E-state index in [-0.39, 0.29) is 5.82 Å². The van der Waals surface area contributed by atoms with Crippen molar-refractivity contribution in [3.05, 3.63) is 59.4 Å². The van der Waals surface area contributed by atoms with Gasteiger partial charge in [-0.15, -0.1) is 0 Å². The van der Waals surface area contributed by atoms with Gasteiger partial charge in [0.2, 0.25) is 0 Å². The van der Waals surface area contributed by atoms with Gasteiger partial charge in [0.25, 0.3) is 0 Å². The average Bonchev–Trinajstić information content (AvgIpc) is 2.95. The molecule has 2 aromatic heterocycles. The molecule has 3 aromatic rings. The number of benzene rings is 1. The summed E-state index contributed by atoms with van der Waals surface area (Å²) in [4.78, 5) is 0. The van der Waals surface area contributed by atoms with Crippen molar-refractivity contribution in [3.8, 4) is 11.3 Å². The van der Waals surface area contributed by atoms with Crippen LogP contribution in [-0.2, 0) is 6.54 Å². The minimum Gasteiger partial charge on any atom is -0.466 e. The van der Waals surface area contributed by atoms with Crippen molar-refractivity contribution >= 4 is 5.69 Å². The first kappa shape index (κ1) is 13.4. The first-order valence-corrected chi connectivity index (χ1v) is 6.67. The molecule has 2 N–H and O–H groups in total. The fourth-order valence-electron chi connectivity index (χ4n) is 2.37. The lowest BCUT2D eigenvalue weighted by Crippen LogP contribution is -2.00. The van der Waals surface area contributed by atoms with E-state index in [9.17, 15) is 4.39 Å². The summed E-state index contributed by atoms with van der Waals surface area (Å²) in [5.41, 5.74) is 9.23. The highest BCUT2D eigenvalue weighted by molar-refractivity contribution is 5.73. The van der Waals surface area contributed by atoms with E-state index < -0.39 is 0 Å². The Hall–Kier alpha value is -2.56. The van der Waals surface area contributed by atoms with E-state index in [0.717, 1.165) is 22.6 Å². The van der Waals surface area contributed by atoms with Gasteiger partial charge in [0, 0.05) is 11.8 Å². The molecule has 0 aliphatic heterocycles. The maximum Gasteiger partial charge on any atom is 0.123 e. The summed E-state index contributed by atoms with van der Waals surface area (Å²) in [6, 6.07) is 8.27. The van der Waals surface area contributed by atoms with Crippen molar-refractivity contribution in [1.82, 2.24) is 9.78 Å². The number of rotatable bonds is 3. The quantitative estimate of drug-likeness (QED) is 0.801. The smallest absolute Gasteiger partial charge is 0.123 e. The molecule has 5 heteroatoms. The number of hydrogen-bond acceptors (Lipinski definition) is 3. The summed E-state index contributed by atoms with van der Waals surface area (Å²) in [5.74, 6) is 1.38. The standard InChI is InChI=1S/C16H16FN3O/c1-10-7-14(11(2)21-10)16-15(18)9-20(19-16)8-12-3-5-13(17)6-4-12/h3-7,9H,8,18H2,1-2H3. The Kier molecular flexibility index (Phi) is 3.25. The molecule has 108 valence electrons. The summed E-state index contributed by atoms with van der Waals surface area (Å²) >= 11 is 0. The Morgan fingerprint density at radius 2 is 1.95 bits per heavy atom. The second-order valence-electron chi connectivity index (χ2n) is 5.08. The lowest BCUT2D eigenvalue weighted by molar-refractivity contribution is 0.505.